The van der Waals surface area contributed by atoms with Gasteiger partial charge in [0.05, 0.1) is 6.42 Å². The number of rotatable bonds is 8. The summed E-state index contributed by atoms with van der Waals surface area (Å²) in [7, 11) is 2.09. The smallest absolute Gasteiger partial charge is 0.317 e. The molecule has 2 amide bonds. The average Bonchev–Trinajstić information content (AvgIpc) is 3.27. The van der Waals surface area contributed by atoms with Gasteiger partial charge in [-0.15, -0.1) is 0 Å². The van der Waals surface area contributed by atoms with Gasteiger partial charge in [-0.2, -0.15) is 0 Å². The maximum absolute atomic E-state index is 12.2. The highest BCUT2D eigenvalue weighted by Gasteiger charge is 2.33. The van der Waals surface area contributed by atoms with Gasteiger partial charge in [-0.3, -0.25) is 9.69 Å². The number of aliphatic carboxylic acids is 1. The molecule has 1 unspecified atom stereocenters. The fourth-order valence-corrected chi connectivity index (χ4v) is 2.37. The van der Waals surface area contributed by atoms with Gasteiger partial charge in [0.1, 0.15) is 0 Å². The summed E-state index contributed by atoms with van der Waals surface area (Å²) >= 11 is 0. The van der Waals surface area contributed by atoms with Gasteiger partial charge in [0, 0.05) is 31.2 Å². The molecule has 2 N–H and O–H groups in total. The number of nitrogens with one attached hydrogen (secondary N) is 1. The number of carbonyl (C=O) groups is 2. The van der Waals surface area contributed by atoms with Gasteiger partial charge >= 0.3 is 12.0 Å². The van der Waals surface area contributed by atoms with Crippen LogP contribution in [0.15, 0.2) is 0 Å². The maximum atomic E-state index is 12.2. The van der Waals surface area contributed by atoms with Gasteiger partial charge in [-0.25, -0.2) is 4.79 Å². The molecule has 6 nitrogen and oxygen atoms in total. The van der Waals surface area contributed by atoms with Crippen molar-refractivity contribution in [1.29, 1.82) is 0 Å². The lowest BCUT2D eigenvalue weighted by molar-refractivity contribution is -0.137. The lowest BCUT2D eigenvalue weighted by atomic mass is 10.3. The van der Waals surface area contributed by atoms with Crippen LogP contribution in [0.4, 0.5) is 4.79 Å². The van der Waals surface area contributed by atoms with Crippen molar-refractivity contribution in [3.05, 3.63) is 0 Å². The summed E-state index contributed by atoms with van der Waals surface area (Å²) in [5.74, 6) is -0.856. The summed E-state index contributed by atoms with van der Waals surface area (Å²) in [6.07, 6.45) is 4.50. The van der Waals surface area contributed by atoms with Crippen LogP contribution >= 0.6 is 0 Å². The SMILES string of the molecule is CC(CNC(=O)N(CCC(=O)O)C1CC1)N(C)C1CC1. The van der Waals surface area contributed by atoms with Gasteiger partial charge in [-0.05, 0) is 39.7 Å². The molecule has 20 heavy (non-hydrogen) atoms. The van der Waals surface area contributed by atoms with Crippen LogP contribution in [-0.4, -0.2) is 65.2 Å². The molecule has 2 saturated carbocycles. The van der Waals surface area contributed by atoms with Crippen molar-refractivity contribution >= 4 is 12.0 Å². The van der Waals surface area contributed by atoms with Crippen LogP contribution in [0.1, 0.15) is 39.0 Å². The van der Waals surface area contributed by atoms with Crippen LogP contribution in [0.5, 0.6) is 0 Å². The first-order chi connectivity index (χ1) is 9.49. The molecule has 0 aromatic carbocycles. The van der Waals surface area contributed by atoms with Crippen LogP contribution in [0.3, 0.4) is 0 Å². The third-order valence-electron chi connectivity index (χ3n) is 4.18. The molecule has 1 atom stereocenters. The molecule has 0 saturated heterocycles. The Labute approximate surface area is 120 Å². The van der Waals surface area contributed by atoms with E-state index in [2.05, 4.69) is 24.2 Å². The van der Waals surface area contributed by atoms with Crippen molar-refractivity contribution in [3.63, 3.8) is 0 Å². The summed E-state index contributed by atoms with van der Waals surface area (Å²) in [4.78, 5) is 26.8. The molecule has 0 spiro atoms. The van der Waals surface area contributed by atoms with Crippen molar-refractivity contribution in [2.45, 2.75) is 57.2 Å². The molecule has 0 bridgehead atoms. The van der Waals surface area contributed by atoms with E-state index in [1.165, 1.54) is 12.8 Å². The van der Waals surface area contributed by atoms with Crippen LogP contribution in [0.25, 0.3) is 0 Å². The summed E-state index contributed by atoms with van der Waals surface area (Å²) < 4.78 is 0. The molecule has 0 radical (unpaired) electrons. The summed E-state index contributed by atoms with van der Waals surface area (Å²) in [6, 6.07) is 1.11. The quantitative estimate of drug-likeness (QED) is 0.700. The number of nitrogens with zero attached hydrogens (tertiary/aromatic N) is 2. The molecule has 0 aromatic rings. The first-order valence-electron chi connectivity index (χ1n) is 7.47. The summed E-state index contributed by atoms with van der Waals surface area (Å²) in [6.45, 7) is 3.03. The number of hydrogen-bond acceptors (Lipinski definition) is 3. The van der Waals surface area contributed by atoms with E-state index in [0.29, 0.717) is 25.2 Å². The zero-order valence-corrected chi connectivity index (χ0v) is 12.3. The molecular weight excluding hydrogens is 258 g/mol. The van der Waals surface area contributed by atoms with Crippen LogP contribution in [-0.2, 0) is 4.79 Å². The normalized spacial score (nSPS) is 19.8. The number of carbonyl (C=O) groups excluding carboxylic acids is 1. The third kappa shape index (κ3) is 4.37. The Morgan fingerprint density at radius 3 is 2.35 bits per heavy atom. The Bertz CT molecular complexity index is 367. The minimum atomic E-state index is -0.856. The molecule has 0 aliphatic heterocycles. The van der Waals surface area contributed by atoms with E-state index < -0.39 is 5.97 Å². The number of amides is 2. The molecule has 2 fully saturated rings. The minimum Gasteiger partial charge on any atom is -0.481 e. The van der Waals surface area contributed by atoms with Crippen LogP contribution < -0.4 is 5.32 Å². The molecule has 2 aliphatic rings. The Kier molecular flexibility index (Phi) is 4.86. The van der Waals surface area contributed by atoms with Gasteiger partial charge in [-0.1, -0.05) is 0 Å². The molecule has 6 heteroatoms. The monoisotopic (exact) mass is 283 g/mol. The Morgan fingerprint density at radius 2 is 1.85 bits per heavy atom. The second kappa shape index (κ2) is 6.43. The average molecular weight is 283 g/mol. The predicted molar refractivity (Wildman–Crippen MR) is 75.6 cm³/mol. The Morgan fingerprint density at radius 1 is 1.25 bits per heavy atom. The van der Waals surface area contributed by atoms with Crippen molar-refractivity contribution < 1.29 is 14.7 Å². The first-order valence-corrected chi connectivity index (χ1v) is 7.47. The molecule has 2 rings (SSSR count). The van der Waals surface area contributed by atoms with E-state index in [4.69, 9.17) is 5.11 Å². The van der Waals surface area contributed by atoms with Crippen LogP contribution in [0, 0.1) is 0 Å². The van der Waals surface area contributed by atoms with E-state index in [0.717, 1.165) is 12.8 Å². The standard InChI is InChI=1S/C14H25N3O3/c1-10(16(2)11-3-4-11)9-15-14(20)17(12-5-6-12)8-7-13(18)19/h10-12H,3-9H2,1-2H3,(H,15,20)(H,18,19). The first kappa shape index (κ1) is 15.1. The van der Waals surface area contributed by atoms with Crippen molar-refractivity contribution in [2.24, 2.45) is 0 Å². The van der Waals surface area contributed by atoms with Crippen molar-refractivity contribution in [1.82, 2.24) is 15.1 Å². The largest absolute Gasteiger partial charge is 0.481 e. The van der Waals surface area contributed by atoms with Gasteiger partial charge < -0.3 is 15.3 Å². The number of likely N-dealkylation sites (N-methyl/N-ethyl adjacent to an activating group) is 1. The molecule has 0 heterocycles. The molecular formula is C14H25N3O3. The van der Waals surface area contributed by atoms with Crippen molar-refractivity contribution in [3.8, 4) is 0 Å². The number of carboxylic acids is 1. The highest BCUT2D eigenvalue weighted by Crippen LogP contribution is 2.28. The molecule has 0 aromatic heterocycles. The topological polar surface area (TPSA) is 72.9 Å². The molecule has 114 valence electrons. The predicted octanol–water partition coefficient (Wildman–Crippen LogP) is 1.12. The van der Waals surface area contributed by atoms with E-state index in [1.807, 2.05) is 0 Å². The zero-order valence-electron chi connectivity index (χ0n) is 12.3. The zero-order chi connectivity index (χ0) is 14.7. The number of urea groups is 1. The van der Waals surface area contributed by atoms with Crippen LogP contribution in [0.2, 0.25) is 0 Å². The number of carboxylic acid groups (broad SMARTS) is 1. The third-order valence-corrected chi connectivity index (χ3v) is 4.18. The lowest BCUT2D eigenvalue weighted by Gasteiger charge is -2.27. The molecule has 2 aliphatic carbocycles. The van der Waals surface area contributed by atoms with E-state index >= 15 is 0 Å². The fourth-order valence-electron chi connectivity index (χ4n) is 2.37. The second-order valence-corrected chi connectivity index (χ2v) is 6.00. The lowest BCUT2D eigenvalue weighted by Crippen LogP contribution is -2.47. The Hall–Kier alpha value is -1.30. The maximum Gasteiger partial charge on any atom is 0.317 e. The van der Waals surface area contributed by atoms with E-state index in [9.17, 15) is 9.59 Å². The summed E-state index contributed by atoms with van der Waals surface area (Å²) in [5, 5.41) is 11.7. The summed E-state index contributed by atoms with van der Waals surface area (Å²) in [5.41, 5.74) is 0. The van der Waals surface area contributed by atoms with Gasteiger partial charge in [0.25, 0.3) is 0 Å². The van der Waals surface area contributed by atoms with E-state index in [-0.39, 0.29) is 18.5 Å². The second-order valence-electron chi connectivity index (χ2n) is 6.00. The fraction of sp³-hybridized carbons (Fsp3) is 0.857. The van der Waals surface area contributed by atoms with Crippen molar-refractivity contribution in [2.75, 3.05) is 20.1 Å². The highest BCUT2D eigenvalue weighted by atomic mass is 16.4. The van der Waals surface area contributed by atoms with E-state index in [1.54, 1.807) is 4.90 Å². The number of hydrogen-bond donors (Lipinski definition) is 2. The highest BCUT2D eigenvalue weighted by molar-refractivity contribution is 5.76. The van der Waals surface area contributed by atoms with Gasteiger partial charge in [0.15, 0.2) is 0 Å². The minimum absolute atomic E-state index is 0.0153. The Balaban J connectivity index is 1.74. The van der Waals surface area contributed by atoms with Gasteiger partial charge in [0.2, 0.25) is 0 Å².